The number of nitrogens with one attached hydrogen (secondary N) is 2. The Balaban J connectivity index is 2.71. The Labute approximate surface area is 109 Å². The summed E-state index contributed by atoms with van der Waals surface area (Å²) >= 11 is 0. The summed E-state index contributed by atoms with van der Waals surface area (Å²) in [5, 5.41) is 2.88. The summed E-state index contributed by atoms with van der Waals surface area (Å²) in [4.78, 5) is 0.245. The van der Waals surface area contributed by atoms with E-state index >= 15 is 0 Å². The van der Waals surface area contributed by atoms with E-state index < -0.39 is 10.0 Å². The summed E-state index contributed by atoms with van der Waals surface area (Å²) in [6.45, 7) is 4.80. The second kappa shape index (κ2) is 6.72. The highest BCUT2D eigenvalue weighted by molar-refractivity contribution is 7.89. The molecule has 2 N–H and O–H groups in total. The molecule has 0 spiro atoms. The molecule has 0 aliphatic heterocycles. The number of rotatable bonds is 7. The largest absolute Gasteiger partial charge is 0.491 e. The number of hydrogen-bond donors (Lipinski definition) is 2. The molecule has 1 rings (SSSR count). The first kappa shape index (κ1) is 14.9. The van der Waals surface area contributed by atoms with Crippen molar-refractivity contribution in [2.24, 2.45) is 0 Å². The lowest BCUT2D eigenvalue weighted by atomic mass is 10.3. The molecule has 0 aliphatic rings. The molecule has 6 heteroatoms. The Hall–Kier alpha value is -1.11. The maximum absolute atomic E-state index is 11.9. The molecule has 1 aromatic rings. The third-order valence-corrected chi connectivity index (χ3v) is 3.65. The van der Waals surface area contributed by atoms with E-state index in [4.69, 9.17) is 4.74 Å². The van der Waals surface area contributed by atoms with E-state index in [1.165, 1.54) is 0 Å². The van der Waals surface area contributed by atoms with Gasteiger partial charge < -0.3 is 10.1 Å². The van der Waals surface area contributed by atoms with Crippen LogP contribution in [0.25, 0.3) is 0 Å². The van der Waals surface area contributed by atoms with Gasteiger partial charge in [-0.2, -0.15) is 0 Å². The molecule has 0 fully saturated rings. The number of benzene rings is 1. The highest BCUT2D eigenvalue weighted by Crippen LogP contribution is 2.16. The van der Waals surface area contributed by atoms with Gasteiger partial charge in [0.15, 0.2) is 0 Å². The van der Waals surface area contributed by atoms with Gasteiger partial charge in [-0.1, -0.05) is 0 Å². The zero-order valence-corrected chi connectivity index (χ0v) is 11.8. The SMILES string of the molecule is CNCCNS(=O)(=O)c1ccc(OC(C)C)cc1. The standard InChI is InChI=1S/C12H20N2O3S/c1-10(2)17-11-4-6-12(7-5-11)18(15,16)14-9-8-13-3/h4-7,10,13-14H,8-9H2,1-3H3. The van der Waals surface area contributed by atoms with Crippen LogP contribution >= 0.6 is 0 Å². The summed E-state index contributed by atoms with van der Waals surface area (Å²) in [6.07, 6.45) is 0.0706. The van der Waals surface area contributed by atoms with Crippen molar-refractivity contribution in [2.45, 2.75) is 24.8 Å². The van der Waals surface area contributed by atoms with Crippen LogP contribution < -0.4 is 14.8 Å². The minimum absolute atomic E-state index is 0.0706. The number of sulfonamides is 1. The monoisotopic (exact) mass is 272 g/mol. The normalized spacial score (nSPS) is 11.8. The molecule has 0 aliphatic carbocycles. The summed E-state index contributed by atoms with van der Waals surface area (Å²) in [6, 6.07) is 6.40. The Kier molecular flexibility index (Phi) is 5.58. The first-order valence-corrected chi connectivity index (χ1v) is 7.35. The zero-order chi connectivity index (χ0) is 13.6. The van der Waals surface area contributed by atoms with Gasteiger partial charge in [0.25, 0.3) is 0 Å². The highest BCUT2D eigenvalue weighted by Gasteiger charge is 2.12. The fraction of sp³-hybridized carbons (Fsp3) is 0.500. The lowest BCUT2D eigenvalue weighted by Crippen LogP contribution is -2.30. The molecule has 0 aromatic heterocycles. The van der Waals surface area contributed by atoms with Gasteiger partial charge >= 0.3 is 0 Å². The number of ether oxygens (including phenoxy) is 1. The summed E-state index contributed by atoms with van der Waals surface area (Å²) in [5.41, 5.74) is 0. The molecule has 5 nitrogen and oxygen atoms in total. The molecule has 0 saturated carbocycles. The molecular formula is C12H20N2O3S. The Bertz CT molecular complexity index is 455. The highest BCUT2D eigenvalue weighted by atomic mass is 32.2. The van der Waals surface area contributed by atoms with Crippen LogP contribution in [0.4, 0.5) is 0 Å². The smallest absolute Gasteiger partial charge is 0.240 e. The maximum Gasteiger partial charge on any atom is 0.240 e. The van der Waals surface area contributed by atoms with Gasteiger partial charge in [0.1, 0.15) is 5.75 Å². The van der Waals surface area contributed by atoms with Gasteiger partial charge in [-0.3, -0.25) is 0 Å². The maximum atomic E-state index is 11.9. The second-order valence-corrected chi connectivity index (χ2v) is 5.91. The van der Waals surface area contributed by atoms with E-state index in [1.54, 1.807) is 31.3 Å². The molecule has 18 heavy (non-hydrogen) atoms. The van der Waals surface area contributed by atoms with Gasteiger partial charge in [-0.05, 0) is 45.2 Å². The van der Waals surface area contributed by atoms with Crippen molar-refractivity contribution in [1.29, 1.82) is 0 Å². The second-order valence-electron chi connectivity index (χ2n) is 4.14. The van der Waals surface area contributed by atoms with Crippen molar-refractivity contribution < 1.29 is 13.2 Å². The fourth-order valence-corrected chi connectivity index (χ4v) is 2.40. The minimum atomic E-state index is -3.42. The topological polar surface area (TPSA) is 67.4 Å². The fourth-order valence-electron chi connectivity index (χ4n) is 1.36. The summed E-state index contributed by atoms with van der Waals surface area (Å²) < 4.78 is 31.7. The van der Waals surface area contributed by atoms with Crippen molar-refractivity contribution in [2.75, 3.05) is 20.1 Å². The van der Waals surface area contributed by atoms with Crippen LogP contribution in [-0.2, 0) is 10.0 Å². The van der Waals surface area contributed by atoms with Crippen molar-refractivity contribution >= 4 is 10.0 Å². The van der Waals surface area contributed by atoms with Gasteiger partial charge in [-0.15, -0.1) is 0 Å². The van der Waals surface area contributed by atoms with E-state index in [0.29, 0.717) is 18.8 Å². The van der Waals surface area contributed by atoms with Gasteiger partial charge in [0.05, 0.1) is 11.0 Å². The minimum Gasteiger partial charge on any atom is -0.491 e. The number of likely N-dealkylation sites (N-methyl/N-ethyl adjacent to an activating group) is 1. The number of hydrogen-bond acceptors (Lipinski definition) is 4. The molecular weight excluding hydrogens is 252 g/mol. The van der Waals surface area contributed by atoms with Gasteiger partial charge in [-0.25, -0.2) is 13.1 Å². The van der Waals surface area contributed by atoms with Crippen LogP contribution in [0.1, 0.15) is 13.8 Å². The van der Waals surface area contributed by atoms with E-state index in [9.17, 15) is 8.42 Å². The molecule has 102 valence electrons. The average Bonchev–Trinajstić information content (AvgIpc) is 2.29. The van der Waals surface area contributed by atoms with Crippen LogP contribution in [0.15, 0.2) is 29.2 Å². The lowest BCUT2D eigenvalue weighted by Gasteiger charge is -2.10. The van der Waals surface area contributed by atoms with Crippen LogP contribution in [0, 0.1) is 0 Å². The van der Waals surface area contributed by atoms with E-state index in [-0.39, 0.29) is 11.0 Å². The quantitative estimate of drug-likeness (QED) is 0.726. The van der Waals surface area contributed by atoms with Crippen molar-refractivity contribution in [1.82, 2.24) is 10.0 Å². The zero-order valence-electron chi connectivity index (χ0n) is 10.9. The van der Waals surface area contributed by atoms with E-state index in [2.05, 4.69) is 10.0 Å². The Morgan fingerprint density at radius 1 is 1.17 bits per heavy atom. The molecule has 0 heterocycles. The average molecular weight is 272 g/mol. The predicted octanol–water partition coefficient (Wildman–Crippen LogP) is 0.971. The molecule has 0 radical (unpaired) electrons. The predicted molar refractivity (Wildman–Crippen MR) is 71.3 cm³/mol. The van der Waals surface area contributed by atoms with Crippen LogP contribution in [0.3, 0.4) is 0 Å². The Morgan fingerprint density at radius 3 is 2.28 bits per heavy atom. The molecule has 0 unspecified atom stereocenters. The third kappa shape index (κ3) is 4.64. The summed E-state index contributed by atoms with van der Waals surface area (Å²) in [5.74, 6) is 0.666. The van der Waals surface area contributed by atoms with Crippen molar-refractivity contribution in [3.8, 4) is 5.75 Å². The lowest BCUT2D eigenvalue weighted by molar-refractivity contribution is 0.242. The van der Waals surface area contributed by atoms with Gasteiger partial charge in [0, 0.05) is 13.1 Å². The molecule has 0 saturated heterocycles. The van der Waals surface area contributed by atoms with Crippen molar-refractivity contribution in [3.05, 3.63) is 24.3 Å². The Morgan fingerprint density at radius 2 is 1.78 bits per heavy atom. The van der Waals surface area contributed by atoms with Crippen LogP contribution in [0.5, 0.6) is 5.75 Å². The van der Waals surface area contributed by atoms with Crippen molar-refractivity contribution in [3.63, 3.8) is 0 Å². The third-order valence-electron chi connectivity index (χ3n) is 2.17. The molecule has 0 amide bonds. The summed E-state index contributed by atoms with van der Waals surface area (Å²) in [7, 11) is -1.65. The van der Waals surface area contributed by atoms with E-state index in [1.807, 2.05) is 13.8 Å². The molecule has 0 bridgehead atoms. The molecule has 0 atom stereocenters. The van der Waals surface area contributed by atoms with Gasteiger partial charge in [0.2, 0.25) is 10.0 Å². The van der Waals surface area contributed by atoms with Crippen LogP contribution in [-0.4, -0.2) is 34.7 Å². The van der Waals surface area contributed by atoms with E-state index in [0.717, 1.165) is 0 Å². The first-order valence-electron chi connectivity index (χ1n) is 5.86. The van der Waals surface area contributed by atoms with Crippen LogP contribution in [0.2, 0.25) is 0 Å². The molecule has 1 aromatic carbocycles. The first-order chi connectivity index (χ1) is 8.45.